The minimum absolute atomic E-state index is 0.0528. The van der Waals surface area contributed by atoms with Gasteiger partial charge in [0.1, 0.15) is 0 Å². The molecule has 0 saturated carbocycles. The Kier molecular flexibility index (Phi) is 6.66. The number of aromatic nitrogens is 1. The van der Waals surface area contributed by atoms with E-state index in [2.05, 4.69) is 63.5 Å². The normalized spacial score (nSPS) is 19.6. The van der Waals surface area contributed by atoms with E-state index in [9.17, 15) is 0 Å². The second kappa shape index (κ2) is 8.80. The lowest BCUT2D eigenvalue weighted by atomic mass is 9.94. The maximum Gasteiger partial charge on any atom is 0.218 e. The summed E-state index contributed by atoms with van der Waals surface area (Å²) in [5.41, 5.74) is 2.07. The maximum atomic E-state index is 6.08. The van der Waals surface area contributed by atoms with Gasteiger partial charge in [0.2, 0.25) is 5.88 Å². The molecule has 5 heteroatoms. The van der Waals surface area contributed by atoms with Crippen LogP contribution in [-0.4, -0.2) is 36.1 Å². The highest BCUT2D eigenvalue weighted by Crippen LogP contribution is 2.28. The first-order chi connectivity index (χ1) is 12.9. The van der Waals surface area contributed by atoms with Crippen molar-refractivity contribution in [3.05, 3.63) is 29.8 Å². The first-order valence-electron chi connectivity index (χ1n) is 9.84. The van der Waals surface area contributed by atoms with Crippen LogP contribution in [0.4, 0.5) is 0 Å². The molecule has 27 heavy (non-hydrogen) atoms. The van der Waals surface area contributed by atoms with Crippen molar-refractivity contribution in [2.75, 3.05) is 19.5 Å². The Morgan fingerprint density at radius 2 is 2.15 bits per heavy atom. The van der Waals surface area contributed by atoms with Crippen molar-refractivity contribution in [3.8, 4) is 5.88 Å². The van der Waals surface area contributed by atoms with E-state index in [1.807, 2.05) is 0 Å². The average molecular weight is 389 g/mol. The molecule has 3 rings (SSSR count). The summed E-state index contributed by atoms with van der Waals surface area (Å²) < 4.78 is 11.9. The Bertz CT molecular complexity index is 776. The van der Waals surface area contributed by atoms with Crippen LogP contribution in [0.3, 0.4) is 0 Å². The Morgan fingerprint density at radius 1 is 1.33 bits per heavy atom. The number of hydrogen-bond donors (Lipinski definition) is 1. The zero-order chi connectivity index (χ0) is 19.4. The topological polar surface area (TPSA) is 43.4 Å². The van der Waals surface area contributed by atoms with E-state index in [0.29, 0.717) is 18.6 Å². The van der Waals surface area contributed by atoms with Crippen molar-refractivity contribution in [3.63, 3.8) is 0 Å². The largest absolute Gasteiger partial charge is 0.477 e. The van der Waals surface area contributed by atoms with Gasteiger partial charge in [0.15, 0.2) is 0 Å². The zero-order valence-corrected chi connectivity index (χ0v) is 18.0. The Labute approximate surface area is 167 Å². The first-order valence-corrected chi connectivity index (χ1v) is 11.1. The van der Waals surface area contributed by atoms with Crippen LogP contribution in [0.15, 0.2) is 29.2 Å². The van der Waals surface area contributed by atoms with E-state index in [1.54, 1.807) is 11.8 Å². The zero-order valence-electron chi connectivity index (χ0n) is 17.2. The molecule has 148 valence electrons. The third-order valence-corrected chi connectivity index (χ3v) is 5.62. The molecule has 1 unspecified atom stereocenters. The molecule has 4 nitrogen and oxygen atoms in total. The van der Waals surface area contributed by atoms with Crippen molar-refractivity contribution in [1.29, 1.82) is 0 Å². The second-order valence-electron chi connectivity index (χ2n) is 8.39. The molecule has 2 aromatic rings. The van der Waals surface area contributed by atoms with Gasteiger partial charge in [0.25, 0.3) is 0 Å². The van der Waals surface area contributed by atoms with Gasteiger partial charge in [0.05, 0.1) is 17.7 Å². The highest BCUT2D eigenvalue weighted by molar-refractivity contribution is 7.98. The molecule has 0 radical (unpaired) electrons. The van der Waals surface area contributed by atoms with Crippen LogP contribution >= 0.6 is 11.8 Å². The van der Waals surface area contributed by atoms with Crippen molar-refractivity contribution < 1.29 is 9.47 Å². The van der Waals surface area contributed by atoms with Crippen LogP contribution in [-0.2, 0) is 11.3 Å². The lowest BCUT2D eigenvalue weighted by Crippen LogP contribution is -2.43. The fourth-order valence-corrected chi connectivity index (χ4v) is 3.89. The van der Waals surface area contributed by atoms with Crippen molar-refractivity contribution in [2.45, 2.75) is 63.6 Å². The number of ether oxygens (including phenoxy) is 2. The van der Waals surface area contributed by atoms with E-state index in [0.717, 1.165) is 48.3 Å². The molecule has 1 N–H and O–H groups in total. The maximum absolute atomic E-state index is 6.08. The number of hydrogen-bond acceptors (Lipinski definition) is 5. The van der Waals surface area contributed by atoms with Crippen LogP contribution in [0, 0.1) is 5.92 Å². The van der Waals surface area contributed by atoms with Gasteiger partial charge in [-0.25, -0.2) is 4.98 Å². The van der Waals surface area contributed by atoms with Gasteiger partial charge in [-0.1, -0.05) is 19.9 Å². The summed E-state index contributed by atoms with van der Waals surface area (Å²) in [6.45, 7) is 10.9. The predicted molar refractivity (Wildman–Crippen MR) is 114 cm³/mol. The highest BCUT2D eigenvalue weighted by atomic mass is 32.2. The molecule has 0 spiro atoms. The summed E-state index contributed by atoms with van der Waals surface area (Å²) in [7, 11) is 0. The number of rotatable bonds is 7. The second-order valence-corrected chi connectivity index (χ2v) is 9.27. The molecule has 1 atom stereocenters. The SMILES string of the molecule is CSc1ccc2cc(CNC3CCOC(C)(C)C3)c(OCC(C)C)nc2c1. The Balaban J connectivity index is 1.81. The monoisotopic (exact) mass is 388 g/mol. The summed E-state index contributed by atoms with van der Waals surface area (Å²) in [6, 6.07) is 9.13. The molecule has 0 bridgehead atoms. The number of benzene rings is 1. The lowest BCUT2D eigenvalue weighted by molar-refractivity contribution is -0.0630. The third-order valence-electron chi connectivity index (χ3n) is 4.90. The van der Waals surface area contributed by atoms with Crippen LogP contribution in [0.5, 0.6) is 5.88 Å². The first kappa shape index (κ1) is 20.4. The molecule has 1 aromatic heterocycles. The van der Waals surface area contributed by atoms with Gasteiger partial charge in [-0.3, -0.25) is 0 Å². The summed E-state index contributed by atoms with van der Waals surface area (Å²) in [5.74, 6) is 1.23. The van der Waals surface area contributed by atoms with E-state index in [1.165, 1.54) is 4.90 Å². The summed E-state index contributed by atoms with van der Waals surface area (Å²) in [4.78, 5) is 6.07. The third kappa shape index (κ3) is 5.59. The number of pyridine rings is 1. The fraction of sp³-hybridized carbons (Fsp3) is 0.591. The number of nitrogens with zero attached hydrogens (tertiary/aromatic N) is 1. The average Bonchev–Trinajstić information content (AvgIpc) is 2.63. The lowest BCUT2D eigenvalue weighted by Gasteiger charge is -2.36. The molecule has 1 aromatic carbocycles. The summed E-state index contributed by atoms with van der Waals surface area (Å²) >= 11 is 1.74. The van der Waals surface area contributed by atoms with E-state index in [-0.39, 0.29) is 5.60 Å². The molecule has 1 aliphatic rings. The van der Waals surface area contributed by atoms with Crippen molar-refractivity contribution in [1.82, 2.24) is 10.3 Å². The molecular formula is C22H32N2O2S. The molecule has 2 heterocycles. The Hall–Kier alpha value is -1.30. The van der Waals surface area contributed by atoms with Gasteiger partial charge in [-0.05, 0) is 57.1 Å². The molecule has 1 saturated heterocycles. The Morgan fingerprint density at radius 3 is 2.85 bits per heavy atom. The molecule has 0 aliphatic carbocycles. The minimum Gasteiger partial charge on any atom is -0.477 e. The fourth-order valence-electron chi connectivity index (χ4n) is 3.46. The van der Waals surface area contributed by atoms with Gasteiger partial charge in [-0.2, -0.15) is 0 Å². The van der Waals surface area contributed by atoms with E-state index < -0.39 is 0 Å². The predicted octanol–water partition coefficient (Wildman–Crippen LogP) is 5.04. The standard InChI is InChI=1S/C22H32N2O2S/c1-15(2)14-25-21-17(13-23-18-8-9-26-22(3,4)12-18)10-16-6-7-19(27-5)11-20(16)24-21/h6-7,10-11,15,18,23H,8-9,12-14H2,1-5H3. The van der Waals surface area contributed by atoms with Crippen LogP contribution in [0.1, 0.15) is 46.1 Å². The van der Waals surface area contributed by atoms with Crippen molar-refractivity contribution in [2.24, 2.45) is 5.92 Å². The van der Waals surface area contributed by atoms with Gasteiger partial charge in [-0.15, -0.1) is 11.8 Å². The number of fused-ring (bicyclic) bond motifs is 1. The van der Waals surface area contributed by atoms with Crippen LogP contribution in [0.2, 0.25) is 0 Å². The van der Waals surface area contributed by atoms with Crippen molar-refractivity contribution >= 4 is 22.7 Å². The smallest absolute Gasteiger partial charge is 0.218 e. The van der Waals surface area contributed by atoms with Gasteiger partial charge in [0, 0.05) is 35.0 Å². The van der Waals surface area contributed by atoms with Crippen LogP contribution < -0.4 is 10.1 Å². The highest BCUT2D eigenvalue weighted by Gasteiger charge is 2.28. The number of thioether (sulfide) groups is 1. The molecule has 1 aliphatic heterocycles. The molecular weight excluding hydrogens is 356 g/mol. The van der Waals surface area contributed by atoms with Gasteiger partial charge >= 0.3 is 0 Å². The number of nitrogens with one attached hydrogen (secondary N) is 1. The van der Waals surface area contributed by atoms with E-state index in [4.69, 9.17) is 14.5 Å². The summed E-state index contributed by atoms with van der Waals surface area (Å²) in [6.07, 6.45) is 4.15. The van der Waals surface area contributed by atoms with Gasteiger partial charge < -0.3 is 14.8 Å². The quantitative estimate of drug-likeness (QED) is 0.673. The van der Waals surface area contributed by atoms with Crippen LogP contribution in [0.25, 0.3) is 10.9 Å². The minimum atomic E-state index is -0.0528. The van der Waals surface area contributed by atoms with E-state index >= 15 is 0 Å². The molecule has 1 fully saturated rings. The summed E-state index contributed by atoms with van der Waals surface area (Å²) in [5, 5.41) is 4.87. The molecule has 0 amide bonds.